The number of nitrogens with zero attached hydrogens (tertiary/aromatic N) is 3. The molecule has 0 saturated heterocycles. The third kappa shape index (κ3) is 3.81. The molecular formula is C12H18N4O4. The van der Waals surface area contributed by atoms with Gasteiger partial charge in [0, 0.05) is 6.54 Å². The molecule has 2 amide bonds. The van der Waals surface area contributed by atoms with Crippen LogP contribution in [-0.4, -0.2) is 50.7 Å². The highest BCUT2D eigenvalue weighted by Crippen LogP contribution is 2.09. The van der Waals surface area contributed by atoms with Gasteiger partial charge in [-0.1, -0.05) is 6.92 Å². The van der Waals surface area contributed by atoms with E-state index in [0.717, 1.165) is 10.6 Å². The van der Waals surface area contributed by atoms with Crippen LogP contribution in [0.25, 0.3) is 0 Å². The van der Waals surface area contributed by atoms with E-state index in [2.05, 4.69) is 5.10 Å². The summed E-state index contributed by atoms with van der Waals surface area (Å²) < 4.78 is 1.48. The molecule has 8 nitrogen and oxygen atoms in total. The van der Waals surface area contributed by atoms with Crippen molar-refractivity contribution >= 4 is 17.8 Å². The van der Waals surface area contributed by atoms with Crippen LogP contribution in [0.4, 0.5) is 0 Å². The summed E-state index contributed by atoms with van der Waals surface area (Å²) in [5.74, 6) is -2.55. The Balaban J connectivity index is 3.06. The highest BCUT2D eigenvalue weighted by atomic mass is 16.4. The van der Waals surface area contributed by atoms with Gasteiger partial charge in [0.15, 0.2) is 0 Å². The van der Waals surface area contributed by atoms with Crippen molar-refractivity contribution in [2.75, 3.05) is 13.1 Å². The van der Waals surface area contributed by atoms with Gasteiger partial charge in [-0.3, -0.25) is 19.1 Å². The molecule has 0 aromatic carbocycles. The highest BCUT2D eigenvalue weighted by molar-refractivity contribution is 5.96. The summed E-state index contributed by atoms with van der Waals surface area (Å²) in [6.45, 7) is 3.16. The summed E-state index contributed by atoms with van der Waals surface area (Å²) in [5, 5.41) is 13.0. The molecule has 0 radical (unpaired) electrons. The SMILES string of the molecule is CCc1cc(C(=O)N(CC(N)=O)CC(=O)O)n(CC)n1. The number of aromatic nitrogens is 2. The minimum atomic E-state index is -1.21. The topological polar surface area (TPSA) is 119 Å². The minimum Gasteiger partial charge on any atom is -0.480 e. The first-order valence-corrected chi connectivity index (χ1v) is 6.25. The molecule has 1 aromatic heterocycles. The molecule has 0 aliphatic carbocycles. The number of carbonyl (C=O) groups excluding carboxylic acids is 2. The van der Waals surface area contributed by atoms with Crippen LogP contribution in [-0.2, 0) is 22.6 Å². The Morgan fingerprint density at radius 2 is 2.00 bits per heavy atom. The first kappa shape index (κ1) is 15.7. The van der Waals surface area contributed by atoms with Gasteiger partial charge < -0.3 is 15.7 Å². The minimum absolute atomic E-state index is 0.256. The number of aliphatic carboxylic acids is 1. The molecule has 0 spiro atoms. The number of rotatable bonds is 7. The van der Waals surface area contributed by atoms with Gasteiger partial charge in [0.1, 0.15) is 18.8 Å². The zero-order chi connectivity index (χ0) is 15.3. The van der Waals surface area contributed by atoms with Crippen LogP contribution >= 0.6 is 0 Å². The normalized spacial score (nSPS) is 10.3. The van der Waals surface area contributed by atoms with Crippen molar-refractivity contribution in [2.24, 2.45) is 5.73 Å². The Bertz CT molecular complexity index is 508. The third-order valence-corrected chi connectivity index (χ3v) is 2.67. The van der Waals surface area contributed by atoms with Crippen LogP contribution in [0.15, 0.2) is 6.07 Å². The Kier molecular flexibility index (Phi) is 5.24. The molecule has 8 heteroatoms. The molecular weight excluding hydrogens is 264 g/mol. The Labute approximate surface area is 116 Å². The summed E-state index contributed by atoms with van der Waals surface area (Å²) in [6.07, 6.45) is 0.655. The van der Waals surface area contributed by atoms with Crippen molar-refractivity contribution in [3.63, 3.8) is 0 Å². The molecule has 1 heterocycles. The molecule has 0 aliphatic rings. The van der Waals surface area contributed by atoms with E-state index >= 15 is 0 Å². The lowest BCUT2D eigenvalue weighted by Gasteiger charge is -2.19. The second-order valence-electron chi connectivity index (χ2n) is 4.21. The summed E-state index contributed by atoms with van der Waals surface area (Å²) >= 11 is 0. The summed E-state index contributed by atoms with van der Waals surface area (Å²) in [7, 11) is 0. The fraction of sp³-hybridized carbons (Fsp3) is 0.500. The van der Waals surface area contributed by atoms with Crippen LogP contribution in [0.1, 0.15) is 30.0 Å². The van der Waals surface area contributed by atoms with Gasteiger partial charge in [0.25, 0.3) is 5.91 Å². The number of aryl methyl sites for hydroxylation is 2. The van der Waals surface area contributed by atoms with Gasteiger partial charge in [-0.2, -0.15) is 5.10 Å². The zero-order valence-corrected chi connectivity index (χ0v) is 11.5. The van der Waals surface area contributed by atoms with Gasteiger partial charge in [-0.05, 0) is 19.4 Å². The maximum absolute atomic E-state index is 12.3. The van der Waals surface area contributed by atoms with Crippen LogP contribution in [0, 0.1) is 0 Å². The number of primary amides is 1. The van der Waals surface area contributed by atoms with Crippen molar-refractivity contribution in [1.82, 2.24) is 14.7 Å². The Hall–Kier alpha value is -2.38. The lowest BCUT2D eigenvalue weighted by atomic mass is 10.2. The largest absolute Gasteiger partial charge is 0.480 e. The molecule has 110 valence electrons. The van der Waals surface area contributed by atoms with Crippen molar-refractivity contribution in [3.8, 4) is 0 Å². The van der Waals surface area contributed by atoms with Crippen LogP contribution in [0.3, 0.4) is 0 Å². The first-order chi connectivity index (χ1) is 9.38. The van der Waals surface area contributed by atoms with E-state index < -0.39 is 30.9 Å². The number of hydrogen-bond acceptors (Lipinski definition) is 4. The molecule has 0 atom stereocenters. The van der Waals surface area contributed by atoms with E-state index in [0.29, 0.717) is 13.0 Å². The van der Waals surface area contributed by atoms with E-state index in [9.17, 15) is 14.4 Å². The number of carboxylic acids is 1. The maximum Gasteiger partial charge on any atom is 0.323 e. The molecule has 1 rings (SSSR count). The fourth-order valence-corrected chi connectivity index (χ4v) is 1.77. The lowest BCUT2D eigenvalue weighted by molar-refractivity contribution is -0.138. The molecule has 3 N–H and O–H groups in total. The molecule has 0 unspecified atom stereocenters. The standard InChI is InChI=1S/C12H18N4O4/c1-3-8-5-9(16(4-2)14-8)12(20)15(6-10(13)17)7-11(18)19/h5H,3-4,6-7H2,1-2H3,(H2,13,17)(H,18,19). The van der Waals surface area contributed by atoms with Crippen molar-refractivity contribution in [2.45, 2.75) is 26.8 Å². The maximum atomic E-state index is 12.3. The summed E-state index contributed by atoms with van der Waals surface area (Å²) in [5.41, 5.74) is 6.02. The quantitative estimate of drug-likeness (QED) is 0.697. The fourth-order valence-electron chi connectivity index (χ4n) is 1.77. The van der Waals surface area contributed by atoms with Gasteiger partial charge in [-0.15, -0.1) is 0 Å². The predicted octanol–water partition coefficient (Wildman–Crippen LogP) is -0.522. The lowest BCUT2D eigenvalue weighted by Crippen LogP contribution is -2.42. The van der Waals surface area contributed by atoms with E-state index in [4.69, 9.17) is 10.8 Å². The van der Waals surface area contributed by atoms with Crippen LogP contribution in [0.2, 0.25) is 0 Å². The average Bonchev–Trinajstić information content (AvgIpc) is 2.79. The first-order valence-electron chi connectivity index (χ1n) is 6.25. The summed E-state index contributed by atoms with van der Waals surface area (Å²) in [4.78, 5) is 34.9. The van der Waals surface area contributed by atoms with Gasteiger partial charge in [-0.25, -0.2) is 0 Å². The smallest absolute Gasteiger partial charge is 0.323 e. The number of carbonyl (C=O) groups is 3. The molecule has 0 aliphatic heterocycles. The molecule has 0 bridgehead atoms. The molecule has 0 saturated carbocycles. The molecule has 0 fully saturated rings. The van der Waals surface area contributed by atoms with Gasteiger partial charge in [0.2, 0.25) is 5.91 Å². The number of nitrogens with two attached hydrogens (primary N) is 1. The van der Waals surface area contributed by atoms with Crippen molar-refractivity contribution < 1.29 is 19.5 Å². The monoisotopic (exact) mass is 282 g/mol. The van der Waals surface area contributed by atoms with E-state index in [1.807, 2.05) is 13.8 Å². The number of carboxylic acid groups (broad SMARTS) is 1. The average molecular weight is 282 g/mol. The van der Waals surface area contributed by atoms with Gasteiger partial charge >= 0.3 is 5.97 Å². The van der Waals surface area contributed by atoms with E-state index in [1.165, 1.54) is 4.68 Å². The van der Waals surface area contributed by atoms with Gasteiger partial charge in [0.05, 0.1) is 5.69 Å². The molecule has 20 heavy (non-hydrogen) atoms. The number of hydrogen-bond donors (Lipinski definition) is 2. The van der Waals surface area contributed by atoms with Crippen molar-refractivity contribution in [3.05, 3.63) is 17.5 Å². The number of amides is 2. The molecule has 1 aromatic rings. The van der Waals surface area contributed by atoms with E-state index in [1.54, 1.807) is 6.07 Å². The van der Waals surface area contributed by atoms with Crippen molar-refractivity contribution in [1.29, 1.82) is 0 Å². The zero-order valence-electron chi connectivity index (χ0n) is 11.5. The third-order valence-electron chi connectivity index (χ3n) is 2.67. The van der Waals surface area contributed by atoms with E-state index in [-0.39, 0.29) is 5.69 Å². The second-order valence-corrected chi connectivity index (χ2v) is 4.21. The predicted molar refractivity (Wildman–Crippen MR) is 70.0 cm³/mol. The van der Waals surface area contributed by atoms with Crippen LogP contribution < -0.4 is 5.73 Å². The Morgan fingerprint density at radius 3 is 2.45 bits per heavy atom. The second kappa shape index (κ2) is 6.69. The summed E-state index contributed by atoms with van der Waals surface area (Å²) in [6, 6.07) is 1.60. The highest BCUT2D eigenvalue weighted by Gasteiger charge is 2.23. The van der Waals surface area contributed by atoms with Crippen LogP contribution in [0.5, 0.6) is 0 Å². The Morgan fingerprint density at radius 1 is 1.35 bits per heavy atom.